The quantitative estimate of drug-likeness (QED) is 0.837. The number of amides is 1. The van der Waals surface area contributed by atoms with Gasteiger partial charge in [-0.05, 0) is 18.2 Å². The molecule has 0 spiro atoms. The molecular weight excluding hydrogens is 270 g/mol. The zero-order valence-electron chi connectivity index (χ0n) is 10.4. The molecule has 0 unspecified atom stereocenters. The summed E-state index contributed by atoms with van der Waals surface area (Å²) in [5, 5.41) is 11.7. The van der Waals surface area contributed by atoms with E-state index >= 15 is 0 Å². The van der Waals surface area contributed by atoms with Crippen LogP contribution in [0.5, 0.6) is 5.75 Å². The molecule has 102 valence electrons. The molecule has 1 aromatic rings. The largest absolute Gasteiger partial charge is 0.481 e. The average molecular weight is 284 g/mol. The number of rotatable bonds is 6. The second-order valence-corrected chi connectivity index (χ2v) is 4.14. The molecule has 0 aromatic heterocycles. The van der Waals surface area contributed by atoms with E-state index in [-0.39, 0.29) is 5.91 Å². The van der Waals surface area contributed by atoms with Gasteiger partial charge in [0.15, 0.2) is 6.61 Å². The number of carboxylic acid groups (broad SMARTS) is 1. The highest BCUT2D eigenvalue weighted by atomic mass is 35.5. The van der Waals surface area contributed by atoms with Crippen molar-refractivity contribution in [1.82, 2.24) is 5.32 Å². The molecule has 6 heteroatoms. The van der Waals surface area contributed by atoms with E-state index in [1.165, 1.54) is 6.92 Å². The van der Waals surface area contributed by atoms with Crippen LogP contribution in [-0.2, 0) is 9.59 Å². The lowest BCUT2D eigenvalue weighted by Crippen LogP contribution is -2.19. The Morgan fingerprint density at radius 3 is 2.84 bits per heavy atom. The van der Waals surface area contributed by atoms with Crippen LogP contribution in [0.4, 0.5) is 0 Å². The topological polar surface area (TPSA) is 75.6 Å². The molecule has 0 bridgehead atoms. The van der Waals surface area contributed by atoms with Crippen LogP contribution >= 0.6 is 11.6 Å². The molecule has 0 aliphatic carbocycles. The molecule has 1 aromatic carbocycles. The molecule has 19 heavy (non-hydrogen) atoms. The fourth-order valence-electron chi connectivity index (χ4n) is 1.30. The summed E-state index contributed by atoms with van der Waals surface area (Å²) in [6.07, 6.45) is 3.46. The van der Waals surface area contributed by atoms with Crippen LogP contribution in [0.2, 0.25) is 5.02 Å². The molecule has 1 amide bonds. The third-order valence-corrected chi connectivity index (χ3v) is 2.33. The summed E-state index contributed by atoms with van der Waals surface area (Å²) in [5.41, 5.74) is 0.691. The standard InChI is InChI=1S/C13H14ClNO4/c1-9(16)15-6-2-3-10-4-5-11(14)7-12(10)19-8-13(17)18/h2-5,7H,6,8H2,1H3,(H,15,16)(H,17,18). The minimum absolute atomic E-state index is 0.122. The lowest BCUT2D eigenvalue weighted by atomic mass is 10.2. The number of carbonyl (C=O) groups is 2. The van der Waals surface area contributed by atoms with Gasteiger partial charge in [0.25, 0.3) is 0 Å². The van der Waals surface area contributed by atoms with E-state index in [0.29, 0.717) is 22.9 Å². The van der Waals surface area contributed by atoms with Crippen molar-refractivity contribution in [1.29, 1.82) is 0 Å². The van der Waals surface area contributed by atoms with Gasteiger partial charge in [-0.2, -0.15) is 0 Å². The van der Waals surface area contributed by atoms with E-state index in [2.05, 4.69) is 5.32 Å². The van der Waals surface area contributed by atoms with Gasteiger partial charge in [0.05, 0.1) is 0 Å². The summed E-state index contributed by atoms with van der Waals surface area (Å²) in [5.74, 6) is -0.801. The minimum Gasteiger partial charge on any atom is -0.481 e. The predicted octanol–water partition coefficient (Wildman–Crippen LogP) is 1.95. The Bertz CT molecular complexity index is 499. The summed E-state index contributed by atoms with van der Waals surface area (Å²) in [7, 11) is 0. The number of halogens is 1. The van der Waals surface area contributed by atoms with Gasteiger partial charge in [-0.3, -0.25) is 4.79 Å². The SMILES string of the molecule is CC(=O)NCC=Cc1ccc(Cl)cc1OCC(=O)O. The van der Waals surface area contributed by atoms with Gasteiger partial charge >= 0.3 is 5.97 Å². The number of hydrogen-bond acceptors (Lipinski definition) is 3. The van der Waals surface area contributed by atoms with Crippen LogP contribution in [0, 0.1) is 0 Å². The van der Waals surface area contributed by atoms with E-state index in [4.69, 9.17) is 21.4 Å². The predicted molar refractivity (Wildman–Crippen MR) is 72.3 cm³/mol. The Kier molecular flexibility index (Phi) is 5.89. The van der Waals surface area contributed by atoms with Crippen LogP contribution in [0.25, 0.3) is 6.08 Å². The summed E-state index contributed by atoms with van der Waals surface area (Å²) in [6, 6.07) is 4.93. The lowest BCUT2D eigenvalue weighted by molar-refractivity contribution is -0.139. The molecule has 0 heterocycles. The third kappa shape index (κ3) is 5.92. The van der Waals surface area contributed by atoms with Crippen molar-refractivity contribution in [3.63, 3.8) is 0 Å². The number of hydrogen-bond donors (Lipinski definition) is 2. The first-order valence-electron chi connectivity index (χ1n) is 5.54. The van der Waals surface area contributed by atoms with Crippen LogP contribution < -0.4 is 10.1 Å². The lowest BCUT2D eigenvalue weighted by Gasteiger charge is -2.07. The maximum absolute atomic E-state index is 10.7. The van der Waals surface area contributed by atoms with Crippen molar-refractivity contribution in [2.75, 3.05) is 13.2 Å². The molecule has 0 atom stereocenters. The van der Waals surface area contributed by atoms with E-state index in [9.17, 15) is 9.59 Å². The number of carboxylic acids is 1. The van der Waals surface area contributed by atoms with E-state index < -0.39 is 12.6 Å². The monoisotopic (exact) mass is 283 g/mol. The second kappa shape index (κ2) is 7.43. The van der Waals surface area contributed by atoms with Gasteiger partial charge in [0.2, 0.25) is 5.91 Å². The van der Waals surface area contributed by atoms with Crippen molar-refractivity contribution in [3.8, 4) is 5.75 Å². The summed E-state index contributed by atoms with van der Waals surface area (Å²) in [6.45, 7) is 1.38. The first kappa shape index (κ1) is 15.0. The van der Waals surface area contributed by atoms with E-state index in [1.807, 2.05) is 0 Å². The van der Waals surface area contributed by atoms with Crippen molar-refractivity contribution in [2.24, 2.45) is 0 Å². The maximum Gasteiger partial charge on any atom is 0.341 e. The Balaban J connectivity index is 2.75. The van der Waals surface area contributed by atoms with Crippen molar-refractivity contribution in [3.05, 3.63) is 34.9 Å². The minimum atomic E-state index is -1.06. The number of carbonyl (C=O) groups excluding carboxylic acids is 1. The molecule has 0 saturated carbocycles. The summed E-state index contributed by atoms with van der Waals surface area (Å²) in [4.78, 5) is 21.2. The van der Waals surface area contributed by atoms with Crippen LogP contribution in [0.15, 0.2) is 24.3 Å². The van der Waals surface area contributed by atoms with Crippen molar-refractivity contribution >= 4 is 29.6 Å². The zero-order chi connectivity index (χ0) is 14.3. The highest BCUT2D eigenvalue weighted by Crippen LogP contribution is 2.24. The Morgan fingerprint density at radius 1 is 1.47 bits per heavy atom. The first-order chi connectivity index (χ1) is 8.99. The zero-order valence-corrected chi connectivity index (χ0v) is 11.1. The van der Waals surface area contributed by atoms with Crippen molar-refractivity contribution in [2.45, 2.75) is 6.92 Å². The fraction of sp³-hybridized carbons (Fsp3) is 0.231. The van der Waals surface area contributed by atoms with Gasteiger partial charge in [-0.15, -0.1) is 0 Å². The van der Waals surface area contributed by atoms with Crippen LogP contribution in [0.3, 0.4) is 0 Å². The van der Waals surface area contributed by atoms with Crippen LogP contribution in [-0.4, -0.2) is 30.1 Å². The Labute approximate surface area is 115 Å². The molecular formula is C13H14ClNO4. The molecule has 0 fully saturated rings. The van der Waals surface area contributed by atoms with E-state index in [1.54, 1.807) is 30.4 Å². The fourth-order valence-corrected chi connectivity index (χ4v) is 1.46. The molecule has 0 radical (unpaired) electrons. The second-order valence-electron chi connectivity index (χ2n) is 3.70. The number of ether oxygens (including phenoxy) is 1. The van der Waals surface area contributed by atoms with Crippen molar-refractivity contribution < 1.29 is 19.4 Å². The normalized spacial score (nSPS) is 10.4. The van der Waals surface area contributed by atoms with E-state index in [0.717, 1.165) is 0 Å². The Morgan fingerprint density at radius 2 is 2.21 bits per heavy atom. The summed E-state index contributed by atoms with van der Waals surface area (Å²) < 4.78 is 5.13. The van der Waals surface area contributed by atoms with Gasteiger partial charge < -0.3 is 15.2 Å². The van der Waals surface area contributed by atoms with Gasteiger partial charge in [0.1, 0.15) is 5.75 Å². The smallest absolute Gasteiger partial charge is 0.341 e. The van der Waals surface area contributed by atoms with Gasteiger partial charge in [0, 0.05) is 24.1 Å². The molecule has 1 rings (SSSR count). The van der Waals surface area contributed by atoms with Gasteiger partial charge in [-0.25, -0.2) is 4.79 Å². The van der Waals surface area contributed by atoms with Crippen LogP contribution in [0.1, 0.15) is 12.5 Å². The number of benzene rings is 1. The summed E-state index contributed by atoms with van der Waals surface area (Å²) >= 11 is 5.83. The number of nitrogens with one attached hydrogen (secondary N) is 1. The molecule has 0 aliphatic heterocycles. The maximum atomic E-state index is 10.7. The Hall–Kier alpha value is -2.01. The average Bonchev–Trinajstić information content (AvgIpc) is 2.33. The third-order valence-electron chi connectivity index (χ3n) is 2.09. The first-order valence-corrected chi connectivity index (χ1v) is 5.92. The molecule has 2 N–H and O–H groups in total. The van der Waals surface area contributed by atoms with Gasteiger partial charge in [-0.1, -0.05) is 23.8 Å². The molecule has 0 saturated heterocycles. The number of aliphatic carboxylic acids is 1. The highest BCUT2D eigenvalue weighted by Gasteiger charge is 2.04. The molecule has 5 nitrogen and oxygen atoms in total. The highest BCUT2D eigenvalue weighted by molar-refractivity contribution is 6.30. The molecule has 0 aliphatic rings.